The molecule has 0 fully saturated rings. The molecule has 1 aromatic heterocycles. The maximum Gasteiger partial charge on any atom is 0.0714 e. The van der Waals surface area contributed by atoms with Crippen molar-refractivity contribution in [3.8, 4) is 0 Å². The smallest absolute Gasteiger partial charge is 0.0714 e. The number of nitrogens with one attached hydrogen (secondary N) is 1. The number of hydrogen-bond acceptors (Lipinski definition) is 3. The minimum absolute atomic E-state index is 0.129. The highest BCUT2D eigenvalue weighted by atomic mass is 79.9. The first-order valence-corrected chi connectivity index (χ1v) is 6.51. The third-order valence-electron chi connectivity index (χ3n) is 2.96. The molecule has 1 rings (SSSR count). The molecule has 0 aliphatic rings. The topological polar surface area (TPSA) is 55.9 Å². The summed E-state index contributed by atoms with van der Waals surface area (Å²) in [4.78, 5) is 0. The van der Waals surface area contributed by atoms with Crippen molar-refractivity contribution < 1.29 is 0 Å². The van der Waals surface area contributed by atoms with Gasteiger partial charge in [0.15, 0.2) is 0 Å². The molecule has 92 valence electrons. The van der Waals surface area contributed by atoms with Crippen molar-refractivity contribution in [3.05, 3.63) is 16.4 Å². The second-order valence-electron chi connectivity index (χ2n) is 4.45. The number of hydrazine groups is 1. The van der Waals surface area contributed by atoms with Crippen molar-refractivity contribution in [2.75, 3.05) is 0 Å². The molecule has 1 aromatic rings. The Hall–Kier alpha value is -0.390. The van der Waals surface area contributed by atoms with E-state index < -0.39 is 0 Å². The molecule has 5 heteroatoms. The van der Waals surface area contributed by atoms with Crippen LogP contribution in [-0.2, 0) is 0 Å². The van der Waals surface area contributed by atoms with Gasteiger partial charge in [0, 0.05) is 6.04 Å². The van der Waals surface area contributed by atoms with Gasteiger partial charge in [0.25, 0.3) is 0 Å². The molecular formula is C11H21BrN4. The molecule has 2 unspecified atom stereocenters. The average molecular weight is 289 g/mol. The highest BCUT2D eigenvalue weighted by Crippen LogP contribution is 2.31. The number of hydrogen-bond donors (Lipinski definition) is 2. The van der Waals surface area contributed by atoms with Gasteiger partial charge in [-0.15, -0.1) is 0 Å². The first-order valence-electron chi connectivity index (χ1n) is 5.71. The molecule has 0 amide bonds. The van der Waals surface area contributed by atoms with E-state index in [2.05, 4.69) is 54.1 Å². The van der Waals surface area contributed by atoms with Crippen LogP contribution in [0.1, 0.15) is 51.9 Å². The van der Waals surface area contributed by atoms with Crippen LogP contribution in [0.25, 0.3) is 0 Å². The van der Waals surface area contributed by atoms with Gasteiger partial charge in [-0.3, -0.25) is 16.0 Å². The molecule has 0 aliphatic carbocycles. The Kier molecular flexibility index (Phi) is 4.95. The van der Waals surface area contributed by atoms with E-state index in [0.717, 1.165) is 16.6 Å². The molecule has 0 saturated heterocycles. The summed E-state index contributed by atoms with van der Waals surface area (Å²) >= 11 is 3.55. The van der Waals surface area contributed by atoms with Crippen LogP contribution in [0, 0.1) is 5.92 Å². The van der Waals surface area contributed by atoms with Crippen molar-refractivity contribution in [2.24, 2.45) is 11.8 Å². The molecule has 1 heterocycles. The molecule has 0 spiro atoms. The van der Waals surface area contributed by atoms with E-state index >= 15 is 0 Å². The molecule has 0 aliphatic heterocycles. The van der Waals surface area contributed by atoms with E-state index in [4.69, 9.17) is 5.84 Å². The maximum atomic E-state index is 5.67. The fraction of sp³-hybridized carbons (Fsp3) is 0.727. The summed E-state index contributed by atoms with van der Waals surface area (Å²) in [6.07, 6.45) is 2.91. The van der Waals surface area contributed by atoms with Crippen molar-refractivity contribution in [1.29, 1.82) is 0 Å². The van der Waals surface area contributed by atoms with E-state index in [1.54, 1.807) is 0 Å². The third kappa shape index (κ3) is 2.64. The van der Waals surface area contributed by atoms with E-state index in [1.165, 1.54) is 0 Å². The second-order valence-corrected chi connectivity index (χ2v) is 5.30. The molecular weight excluding hydrogens is 268 g/mol. The Morgan fingerprint density at radius 1 is 1.50 bits per heavy atom. The summed E-state index contributed by atoms with van der Waals surface area (Å²) in [7, 11) is 0. The quantitative estimate of drug-likeness (QED) is 0.647. The number of nitrogens with zero attached hydrogens (tertiary/aromatic N) is 2. The summed E-state index contributed by atoms with van der Waals surface area (Å²) in [5.74, 6) is 6.13. The molecule has 0 aromatic carbocycles. The Morgan fingerprint density at radius 3 is 2.56 bits per heavy atom. The number of aromatic nitrogens is 2. The monoisotopic (exact) mass is 288 g/mol. The lowest BCUT2D eigenvalue weighted by Crippen LogP contribution is -2.34. The number of nitrogens with two attached hydrogens (primary N) is 1. The van der Waals surface area contributed by atoms with Crippen molar-refractivity contribution in [1.82, 2.24) is 15.2 Å². The highest BCUT2D eigenvalue weighted by molar-refractivity contribution is 9.10. The van der Waals surface area contributed by atoms with Crippen LogP contribution in [-0.4, -0.2) is 9.78 Å². The average Bonchev–Trinajstić information content (AvgIpc) is 2.62. The summed E-state index contributed by atoms with van der Waals surface area (Å²) in [6.45, 7) is 8.59. The first-order chi connectivity index (χ1) is 7.52. The van der Waals surface area contributed by atoms with Gasteiger partial charge in [0.05, 0.1) is 22.4 Å². The molecule has 4 nitrogen and oxygen atoms in total. The fourth-order valence-corrected chi connectivity index (χ4v) is 2.32. The van der Waals surface area contributed by atoms with Crippen LogP contribution in [0.3, 0.4) is 0 Å². The Bertz CT molecular complexity index is 335. The zero-order valence-corrected chi connectivity index (χ0v) is 12.0. The summed E-state index contributed by atoms with van der Waals surface area (Å²) in [6, 6.07) is 0.463. The van der Waals surface area contributed by atoms with Gasteiger partial charge in [0.1, 0.15) is 0 Å². The lowest BCUT2D eigenvalue weighted by molar-refractivity contribution is 0.347. The second kappa shape index (κ2) is 5.80. The molecule has 16 heavy (non-hydrogen) atoms. The summed E-state index contributed by atoms with van der Waals surface area (Å²) < 4.78 is 3.03. The van der Waals surface area contributed by atoms with Crippen molar-refractivity contribution in [2.45, 2.75) is 46.2 Å². The van der Waals surface area contributed by atoms with Crippen molar-refractivity contribution in [3.63, 3.8) is 0 Å². The maximum absolute atomic E-state index is 5.67. The summed E-state index contributed by atoms with van der Waals surface area (Å²) in [5, 5.41) is 4.38. The van der Waals surface area contributed by atoms with Crippen LogP contribution in [0.15, 0.2) is 10.7 Å². The van der Waals surface area contributed by atoms with Gasteiger partial charge < -0.3 is 0 Å². The Labute approximate surface area is 106 Å². The van der Waals surface area contributed by atoms with Gasteiger partial charge in [-0.25, -0.2) is 0 Å². The van der Waals surface area contributed by atoms with E-state index in [0.29, 0.717) is 12.0 Å². The minimum atomic E-state index is 0.129. The van der Waals surface area contributed by atoms with Gasteiger partial charge in [-0.1, -0.05) is 20.3 Å². The van der Waals surface area contributed by atoms with E-state index in [9.17, 15) is 0 Å². The SMILES string of the molecule is CCC(C)C(NN)c1c(Br)cnn1C(C)C. The molecule has 2 atom stereocenters. The molecule has 0 bridgehead atoms. The largest absolute Gasteiger partial charge is 0.271 e. The fourth-order valence-electron chi connectivity index (χ4n) is 1.80. The molecule has 0 saturated carbocycles. The van der Waals surface area contributed by atoms with Crippen LogP contribution < -0.4 is 11.3 Å². The predicted octanol–water partition coefficient (Wildman–Crippen LogP) is 2.78. The van der Waals surface area contributed by atoms with Crippen LogP contribution >= 0.6 is 15.9 Å². The Morgan fingerprint density at radius 2 is 2.12 bits per heavy atom. The lowest BCUT2D eigenvalue weighted by Gasteiger charge is -2.25. The number of halogens is 1. The van der Waals surface area contributed by atoms with E-state index in [-0.39, 0.29) is 6.04 Å². The third-order valence-corrected chi connectivity index (χ3v) is 3.57. The highest BCUT2D eigenvalue weighted by Gasteiger charge is 2.24. The van der Waals surface area contributed by atoms with Crippen LogP contribution in [0.5, 0.6) is 0 Å². The van der Waals surface area contributed by atoms with Gasteiger partial charge in [0.2, 0.25) is 0 Å². The lowest BCUT2D eigenvalue weighted by atomic mass is 9.96. The standard InChI is InChI=1S/C11H21BrN4/c1-5-8(4)10(15-13)11-9(12)6-14-16(11)7(2)3/h6-8,10,15H,5,13H2,1-4H3. The zero-order valence-electron chi connectivity index (χ0n) is 10.4. The normalized spacial score (nSPS) is 15.4. The molecule has 3 N–H and O–H groups in total. The first kappa shape index (κ1) is 13.7. The minimum Gasteiger partial charge on any atom is -0.271 e. The van der Waals surface area contributed by atoms with E-state index in [1.807, 2.05) is 10.9 Å². The number of rotatable bonds is 5. The zero-order chi connectivity index (χ0) is 12.3. The van der Waals surface area contributed by atoms with Gasteiger partial charge >= 0.3 is 0 Å². The summed E-state index contributed by atoms with van der Waals surface area (Å²) in [5.41, 5.74) is 4.03. The van der Waals surface area contributed by atoms with Gasteiger partial charge in [-0.2, -0.15) is 5.10 Å². The molecule has 0 radical (unpaired) electrons. The van der Waals surface area contributed by atoms with Gasteiger partial charge in [-0.05, 0) is 35.7 Å². The van der Waals surface area contributed by atoms with Crippen molar-refractivity contribution >= 4 is 15.9 Å². The predicted molar refractivity (Wildman–Crippen MR) is 69.8 cm³/mol. The van der Waals surface area contributed by atoms with Crippen LogP contribution in [0.4, 0.5) is 0 Å². The van der Waals surface area contributed by atoms with Crippen LogP contribution in [0.2, 0.25) is 0 Å². The Balaban J connectivity index is 3.12.